The van der Waals surface area contributed by atoms with Crippen LogP contribution in [0.1, 0.15) is 13.3 Å². The summed E-state index contributed by atoms with van der Waals surface area (Å²) >= 11 is 0. The van der Waals surface area contributed by atoms with Gasteiger partial charge < -0.3 is 19.9 Å². The predicted octanol–water partition coefficient (Wildman–Crippen LogP) is 1.43. The molecule has 1 heterocycles. The molecule has 0 spiro atoms. The van der Waals surface area contributed by atoms with Gasteiger partial charge in [0.05, 0.1) is 18.9 Å². The predicted molar refractivity (Wildman–Crippen MR) is 91.9 cm³/mol. The molecule has 1 saturated heterocycles. The molecule has 3 rings (SSSR count). The van der Waals surface area contributed by atoms with Gasteiger partial charge in [0.2, 0.25) is 11.8 Å². The third kappa shape index (κ3) is 3.70. The van der Waals surface area contributed by atoms with E-state index in [-0.39, 0.29) is 23.7 Å². The van der Waals surface area contributed by atoms with Crippen LogP contribution in [0.4, 0.5) is 5.69 Å². The number of ether oxygens (including phenoxy) is 1. The molecule has 2 atom stereocenters. The van der Waals surface area contributed by atoms with E-state index >= 15 is 0 Å². The molecule has 130 valence electrons. The molecule has 24 heavy (non-hydrogen) atoms. The summed E-state index contributed by atoms with van der Waals surface area (Å²) in [6.07, 6.45) is 0.662. The monoisotopic (exact) mass is 331 g/mol. The Hall–Kier alpha value is -2.08. The topological polar surface area (TPSA) is 61.9 Å². The zero-order valence-corrected chi connectivity index (χ0v) is 14.3. The van der Waals surface area contributed by atoms with Gasteiger partial charge in [0, 0.05) is 31.9 Å². The molecule has 1 N–H and O–H groups in total. The van der Waals surface area contributed by atoms with Crippen LogP contribution in [0.25, 0.3) is 0 Å². The first-order chi connectivity index (χ1) is 11.6. The molecule has 0 bridgehead atoms. The number of nitrogens with one attached hydrogen (secondary N) is 1. The number of amides is 2. The van der Waals surface area contributed by atoms with E-state index in [9.17, 15) is 9.59 Å². The molecule has 2 amide bonds. The Morgan fingerprint density at radius 3 is 2.38 bits per heavy atom. The summed E-state index contributed by atoms with van der Waals surface area (Å²) < 4.78 is 5.10. The lowest BCUT2D eigenvalue weighted by Crippen LogP contribution is -2.49. The minimum Gasteiger partial charge on any atom is -0.497 e. The average Bonchev–Trinajstić information content (AvgIpc) is 3.43. The molecular formula is C18H25N3O3. The van der Waals surface area contributed by atoms with Crippen LogP contribution in [0.2, 0.25) is 0 Å². The Kier molecular flexibility index (Phi) is 5.04. The standard InChI is InChI=1S/C18H25N3O3/c1-3-20-8-10-21(11-9-20)18(23)16-12-15(16)17(22)19-13-4-6-14(24-2)7-5-13/h4-7,15-16H,3,8-12H2,1-2H3,(H,19,22). The number of rotatable bonds is 5. The van der Waals surface area contributed by atoms with Gasteiger partial charge in [-0.3, -0.25) is 9.59 Å². The van der Waals surface area contributed by atoms with Crippen molar-refractivity contribution in [2.24, 2.45) is 11.8 Å². The molecule has 1 aliphatic carbocycles. The molecule has 2 aliphatic rings. The summed E-state index contributed by atoms with van der Waals surface area (Å²) in [5, 5.41) is 2.89. The van der Waals surface area contributed by atoms with E-state index in [1.54, 1.807) is 31.4 Å². The number of carbonyl (C=O) groups excluding carboxylic acids is 2. The van der Waals surface area contributed by atoms with Crippen molar-refractivity contribution in [3.63, 3.8) is 0 Å². The Morgan fingerprint density at radius 1 is 1.12 bits per heavy atom. The lowest BCUT2D eigenvalue weighted by molar-refractivity contribution is -0.135. The van der Waals surface area contributed by atoms with Gasteiger partial charge in [-0.25, -0.2) is 0 Å². The highest BCUT2D eigenvalue weighted by Crippen LogP contribution is 2.41. The quantitative estimate of drug-likeness (QED) is 0.887. The minimum atomic E-state index is -0.191. The molecule has 1 aliphatic heterocycles. The maximum atomic E-state index is 12.5. The second kappa shape index (κ2) is 7.21. The average molecular weight is 331 g/mol. The Morgan fingerprint density at radius 2 is 1.79 bits per heavy atom. The lowest BCUT2D eigenvalue weighted by atomic mass is 10.2. The number of methoxy groups -OCH3 is 1. The van der Waals surface area contributed by atoms with E-state index in [1.807, 2.05) is 4.90 Å². The molecule has 6 heteroatoms. The SMILES string of the molecule is CCN1CCN(C(=O)C2CC2C(=O)Nc2ccc(OC)cc2)CC1. The van der Waals surface area contributed by atoms with Crippen molar-refractivity contribution >= 4 is 17.5 Å². The number of benzene rings is 1. The fourth-order valence-electron chi connectivity index (χ4n) is 3.19. The number of nitrogens with zero attached hydrogens (tertiary/aromatic N) is 2. The van der Waals surface area contributed by atoms with E-state index < -0.39 is 0 Å². The molecule has 2 fully saturated rings. The van der Waals surface area contributed by atoms with Crippen LogP contribution in [0.5, 0.6) is 5.75 Å². The zero-order valence-electron chi connectivity index (χ0n) is 14.3. The maximum Gasteiger partial charge on any atom is 0.228 e. The first-order valence-corrected chi connectivity index (χ1v) is 8.58. The number of carbonyl (C=O) groups is 2. The highest BCUT2D eigenvalue weighted by atomic mass is 16.5. The largest absolute Gasteiger partial charge is 0.497 e. The van der Waals surface area contributed by atoms with Crippen LogP contribution in [0.15, 0.2) is 24.3 Å². The Bertz CT molecular complexity index is 594. The highest BCUT2D eigenvalue weighted by molar-refractivity contribution is 5.99. The summed E-state index contributed by atoms with van der Waals surface area (Å²) in [5.41, 5.74) is 0.732. The summed E-state index contributed by atoms with van der Waals surface area (Å²) in [7, 11) is 1.61. The normalized spacial score (nSPS) is 23.7. The number of piperazine rings is 1. The Labute approximate surface area is 142 Å². The van der Waals surface area contributed by atoms with Crippen LogP contribution in [-0.4, -0.2) is 61.4 Å². The van der Waals surface area contributed by atoms with Crippen molar-refractivity contribution < 1.29 is 14.3 Å². The van der Waals surface area contributed by atoms with Crippen molar-refractivity contribution in [2.75, 3.05) is 45.2 Å². The van der Waals surface area contributed by atoms with Crippen molar-refractivity contribution in [2.45, 2.75) is 13.3 Å². The zero-order chi connectivity index (χ0) is 17.1. The second-order valence-corrected chi connectivity index (χ2v) is 6.43. The summed E-state index contributed by atoms with van der Waals surface area (Å²) in [5.74, 6) is 0.491. The van der Waals surface area contributed by atoms with Crippen LogP contribution in [0.3, 0.4) is 0 Å². The lowest BCUT2D eigenvalue weighted by Gasteiger charge is -2.34. The van der Waals surface area contributed by atoms with Crippen molar-refractivity contribution in [1.29, 1.82) is 0 Å². The molecule has 1 saturated carbocycles. The molecular weight excluding hydrogens is 306 g/mol. The minimum absolute atomic E-state index is 0.0642. The fraction of sp³-hybridized carbons (Fsp3) is 0.556. The smallest absolute Gasteiger partial charge is 0.228 e. The van der Waals surface area contributed by atoms with Crippen LogP contribution in [-0.2, 0) is 9.59 Å². The van der Waals surface area contributed by atoms with Crippen LogP contribution in [0, 0.1) is 11.8 Å². The van der Waals surface area contributed by atoms with Crippen molar-refractivity contribution in [3.8, 4) is 5.75 Å². The van der Waals surface area contributed by atoms with Gasteiger partial charge in [0.25, 0.3) is 0 Å². The fourth-order valence-corrected chi connectivity index (χ4v) is 3.19. The second-order valence-electron chi connectivity index (χ2n) is 6.43. The van der Waals surface area contributed by atoms with E-state index in [2.05, 4.69) is 17.1 Å². The number of likely N-dealkylation sites (N-methyl/N-ethyl adjacent to an activating group) is 1. The van der Waals surface area contributed by atoms with Gasteiger partial charge in [0.1, 0.15) is 5.75 Å². The highest BCUT2D eigenvalue weighted by Gasteiger charge is 2.49. The third-order valence-electron chi connectivity index (χ3n) is 4.93. The first kappa shape index (κ1) is 16.8. The van der Waals surface area contributed by atoms with E-state index in [4.69, 9.17) is 4.74 Å². The molecule has 1 aromatic carbocycles. The number of hydrogen-bond acceptors (Lipinski definition) is 4. The van der Waals surface area contributed by atoms with E-state index in [1.165, 1.54) is 0 Å². The van der Waals surface area contributed by atoms with Gasteiger partial charge in [-0.05, 0) is 37.2 Å². The van der Waals surface area contributed by atoms with Gasteiger partial charge in [0.15, 0.2) is 0 Å². The first-order valence-electron chi connectivity index (χ1n) is 8.58. The number of hydrogen-bond donors (Lipinski definition) is 1. The summed E-state index contributed by atoms with van der Waals surface area (Å²) in [6.45, 7) is 6.57. The van der Waals surface area contributed by atoms with Crippen LogP contribution >= 0.6 is 0 Å². The van der Waals surface area contributed by atoms with Gasteiger partial charge in [-0.2, -0.15) is 0 Å². The van der Waals surface area contributed by atoms with Gasteiger partial charge in [-0.15, -0.1) is 0 Å². The summed E-state index contributed by atoms with van der Waals surface area (Å²) in [6, 6.07) is 7.22. The number of anilines is 1. The van der Waals surface area contributed by atoms with Crippen molar-refractivity contribution in [1.82, 2.24) is 9.80 Å². The Balaban J connectivity index is 1.49. The third-order valence-corrected chi connectivity index (χ3v) is 4.93. The molecule has 1 aromatic rings. The molecule has 0 radical (unpaired) electrons. The van der Waals surface area contributed by atoms with Gasteiger partial charge >= 0.3 is 0 Å². The van der Waals surface area contributed by atoms with Crippen LogP contribution < -0.4 is 10.1 Å². The summed E-state index contributed by atoms with van der Waals surface area (Å²) in [4.78, 5) is 29.1. The molecule has 2 unspecified atom stereocenters. The van der Waals surface area contributed by atoms with Crippen molar-refractivity contribution in [3.05, 3.63) is 24.3 Å². The van der Waals surface area contributed by atoms with E-state index in [0.717, 1.165) is 44.2 Å². The van der Waals surface area contributed by atoms with Gasteiger partial charge in [-0.1, -0.05) is 6.92 Å². The molecule has 0 aromatic heterocycles. The molecule has 6 nitrogen and oxygen atoms in total. The van der Waals surface area contributed by atoms with E-state index in [0.29, 0.717) is 6.42 Å². The maximum absolute atomic E-state index is 12.5.